The largest absolute Gasteiger partial charge is 0.480 e. The van der Waals surface area contributed by atoms with Crippen LogP contribution in [0.2, 0.25) is 0 Å². The standard InChI is InChI=1S/C22H23F3N2O5S/c23-22(24,25)17-7-4-8-18(14-17)33(31,32)27-11-9-16(10-12-27)20(28)26-19(21(29)30)13-15-5-2-1-3-6-15/h1-8,14,16,19H,9-13H2,(H,26,28)(H,29,30)/t19-/m0/s1. The summed E-state index contributed by atoms with van der Waals surface area (Å²) in [6, 6.07) is 11.2. The van der Waals surface area contributed by atoms with Crippen LogP contribution in [0.5, 0.6) is 0 Å². The number of hydrogen-bond acceptors (Lipinski definition) is 4. The van der Waals surface area contributed by atoms with E-state index in [4.69, 9.17) is 0 Å². The normalized spacial score (nSPS) is 16.8. The van der Waals surface area contributed by atoms with E-state index in [0.29, 0.717) is 6.07 Å². The molecule has 0 saturated carbocycles. The molecule has 11 heteroatoms. The van der Waals surface area contributed by atoms with Gasteiger partial charge >= 0.3 is 12.1 Å². The number of amides is 1. The number of halogens is 3. The van der Waals surface area contributed by atoms with E-state index >= 15 is 0 Å². The Labute approximate surface area is 189 Å². The first-order valence-corrected chi connectivity index (χ1v) is 11.7. The SMILES string of the molecule is O=C(N[C@@H](Cc1ccccc1)C(=O)O)C1CCN(S(=O)(=O)c2cccc(C(F)(F)F)c2)CC1. The van der Waals surface area contributed by atoms with Crippen molar-refractivity contribution in [1.82, 2.24) is 9.62 Å². The molecule has 1 fully saturated rings. The van der Waals surface area contributed by atoms with E-state index in [9.17, 15) is 36.3 Å². The zero-order valence-corrected chi connectivity index (χ0v) is 18.3. The number of carbonyl (C=O) groups excluding carboxylic acids is 1. The van der Waals surface area contributed by atoms with Crippen LogP contribution >= 0.6 is 0 Å². The van der Waals surface area contributed by atoms with Gasteiger partial charge in [0.2, 0.25) is 15.9 Å². The number of carbonyl (C=O) groups is 2. The lowest BCUT2D eigenvalue weighted by Crippen LogP contribution is -2.48. The lowest BCUT2D eigenvalue weighted by Gasteiger charge is -2.31. The minimum atomic E-state index is -4.67. The lowest BCUT2D eigenvalue weighted by molar-refractivity contribution is -0.142. The van der Waals surface area contributed by atoms with Crippen LogP contribution in [0.4, 0.5) is 13.2 Å². The molecule has 33 heavy (non-hydrogen) atoms. The van der Waals surface area contributed by atoms with Crippen molar-refractivity contribution < 1.29 is 36.3 Å². The third-order valence-corrected chi connectivity index (χ3v) is 7.42. The highest BCUT2D eigenvalue weighted by Crippen LogP contribution is 2.32. The zero-order valence-electron chi connectivity index (χ0n) is 17.5. The van der Waals surface area contributed by atoms with Crippen molar-refractivity contribution >= 4 is 21.9 Å². The molecule has 0 spiro atoms. The molecule has 0 bridgehead atoms. The Morgan fingerprint density at radius 1 is 1.06 bits per heavy atom. The van der Waals surface area contributed by atoms with Gasteiger partial charge in [0.05, 0.1) is 10.5 Å². The number of alkyl halides is 3. The van der Waals surface area contributed by atoms with Crippen molar-refractivity contribution in [3.05, 3.63) is 65.7 Å². The Morgan fingerprint density at radius 3 is 2.27 bits per heavy atom. The minimum Gasteiger partial charge on any atom is -0.480 e. The Bertz CT molecular complexity index is 1100. The number of nitrogens with zero attached hydrogens (tertiary/aromatic N) is 1. The average Bonchev–Trinajstić information content (AvgIpc) is 2.79. The van der Waals surface area contributed by atoms with Crippen molar-refractivity contribution in [2.45, 2.75) is 36.4 Å². The number of carboxylic acid groups (broad SMARTS) is 1. The molecular weight excluding hydrogens is 461 g/mol. The third-order valence-electron chi connectivity index (χ3n) is 5.52. The van der Waals surface area contributed by atoms with Crippen molar-refractivity contribution in [2.24, 2.45) is 5.92 Å². The number of aliphatic carboxylic acids is 1. The summed E-state index contributed by atoms with van der Waals surface area (Å²) in [7, 11) is -4.16. The number of carboxylic acids is 1. The summed E-state index contributed by atoms with van der Waals surface area (Å²) in [5.41, 5.74) is -0.317. The van der Waals surface area contributed by atoms with Gasteiger partial charge in [0.25, 0.3) is 0 Å². The van der Waals surface area contributed by atoms with Crippen LogP contribution in [0.25, 0.3) is 0 Å². The smallest absolute Gasteiger partial charge is 0.416 e. The second-order valence-electron chi connectivity index (χ2n) is 7.79. The van der Waals surface area contributed by atoms with Gasteiger partial charge in [-0.1, -0.05) is 36.4 Å². The molecule has 1 aliphatic heterocycles. The molecule has 3 rings (SSSR count). The van der Waals surface area contributed by atoms with E-state index in [2.05, 4.69) is 5.32 Å². The summed E-state index contributed by atoms with van der Waals surface area (Å²) >= 11 is 0. The van der Waals surface area contributed by atoms with Crippen LogP contribution in [-0.2, 0) is 32.2 Å². The average molecular weight is 484 g/mol. The molecule has 7 nitrogen and oxygen atoms in total. The van der Waals surface area contributed by atoms with E-state index in [-0.39, 0.29) is 32.4 Å². The molecule has 178 valence electrons. The van der Waals surface area contributed by atoms with E-state index in [1.165, 1.54) is 0 Å². The van der Waals surface area contributed by atoms with Gasteiger partial charge in [0, 0.05) is 25.4 Å². The van der Waals surface area contributed by atoms with E-state index in [1.807, 2.05) is 0 Å². The van der Waals surface area contributed by atoms with Crippen LogP contribution in [0, 0.1) is 5.92 Å². The van der Waals surface area contributed by atoms with Gasteiger partial charge in [0.1, 0.15) is 6.04 Å². The molecule has 2 aromatic rings. The van der Waals surface area contributed by atoms with E-state index in [1.54, 1.807) is 30.3 Å². The number of benzene rings is 2. The van der Waals surface area contributed by atoms with Gasteiger partial charge in [-0.3, -0.25) is 4.79 Å². The van der Waals surface area contributed by atoms with Gasteiger partial charge in [-0.15, -0.1) is 0 Å². The van der Waals surface area contributed by atoms with Crippen molar-refractivity contribution in [1.29, 1.82) is 0 Å². The molecule has 0 radical (unpaired) electrons. The molecule has 1 saturated heterocycles. The van der Waals surface area contributed by atoms with Gasteiger partial charge in [-0.05, 0) is 36.6 Å². The van der Waals surface area contributed by atoms with E-state index in [0.717, 1.165) is 28.1 Å². The van der Waals surface area contributed by atoms with Crippen LogP contribution in [0.1, 0.15) is 24.0 Å². The molecular formula is C22H23F3N2O5S. The fraction of sp³-hybridized carbons (Fsp3) is 0.364. The van der Waals surface area contributed by atoms with Crippen molar-refractivity contribution in [3.8, 4) is 0 Å². The molecule has 0 aromatic heterocycles. The Balaban J connectivity index is 1.62. The summed E-state index contributed by atoms with van der Waals surface area (Å²) in [5.74, 6) is -2.28. The molecule has 1 heterocycles. The van der Waals surface area contributed by atoms with Gasteiger partial charge in [0.15, 0.2) is 0 Å². The highest BCUT2D eigenvalue weighted by molar-refractivity contribution is 7.89. The fourth-order valence-electron chi connectivity index (χ4n) is 3.68. The summed E-state index contributed by atoms with van der Waals surface area (Å²) in [6.45, 7) is -0.125. The van der Waals surface area contributed by atoms with Gasteiger partial charge < -0.3 is 10.4 Å². The summed E-state index contributed by atoms with van der Waals surface area (Å²) in [6.07, 6.45) is -4.31. The van der Waals surface area contributed by atoms with E-state index < -0.39 is 50.5 Å². The number of piperidine rings is 1. The molecule has 1 amide bonds. The topological polar surface area (TPSA) is 104 Å². The zero-order chi connectivity index (χ0) is 24.2. The number of hydrogen-bond donors (Lipinski definition) is 2. The molecule has 2 N–H and O–H groups in total. The van der Waals surface area contributed by atoms with Gasteiger partial charge in [-0.2, -0.15) is 17.5 Å². The van der Waals surface area contributed by atoms with Crippen LogP contribution in [-0.4, -0.2) is 48.8 Å². The maximum Gasteiger partial charge on any atom is 0.416 e. The molecule has 1 atom stereocenters. The number of sulfonamides is 1. The van der Waals surface area contributed by atoms with Crippen LogP contribution in [0.3, 0.4) is 0 Å². The lowest BCUT2D eigenvalue weighted by atomic mass is 9.96. The second kappa shape index (κ2) is 9.92. The summed E-state index contributed by atoms with van der Waals surface area (Å²) in [4.78, 5) is 23.7. The molecule has 2 aromatic carbocycles. The predicted molar refractivity (Wildman–Crippen MR) is 113 cm³/mol. The molecule has 0 unspecified atom stereocenters. The quantitative estimate of drug-likeness (QED) is 0.629. The molecule has 0 aliphatic carbocycles. The fourth-order valence-corrected chi connectivity index (χ4v) is 5.20. The summed E-state index contributed by atoms with van der Waals surface area (Å²) in [5, 5.41) is 12.0. The Kier molecular flexibility index (Phi) is 7.43. The predicted octanol–water partition coefficient (Wildman–Crippen LogP) is 2.92. The van der Waals surface area contributed by atoms with Crippen molar-refractivity contribution in [2.75, 3.05) is 13.1 Å². The second-order valence-corrected chi connectivity index (χ2v) is 9.73. The summed E-state index contributed by atoms with van der Waals surface area (Å²) < 4.78 is 65.5. The van der Waals surface area contributed by atoms with Crippen LogP contribution < -0.4 is 5.32 Å². The maximum absolute atomic E-state index is 12.9. The number of rotatable bonds is 7. The highest BCUT2D eigenvalue weighted by Gasteiger charge is 2.36. The highest BCUT2D eigenvalue weighted by atomic mass is 32.2. The van der Waals surface area contributed by atoms with Gasteiger partial charge in [-0.25, -0.2) is 13.2 Å². The third kappa shape index (κ3) is 6.11. The molecule has 1 aliphatic rings. The Hall–Kier alpha value is -2.92. The number of nitrogens with one attached hydrogen (secondary N) is 1. The Morgan fingerprint density at radius 2 is 1.70 bits per heavy atom. The first-order chi connectivity index (χ1) is 15.5. The first-order valence-electron chi connectivity index (χ1n) is 10.2. The monoisotopic (exact) mass is 484 g/mol. The van der Waals surface area contributed by atoms with Crippen molar-refractivity contribution in [3.63, 3.8) is 0 Å². The maximum atomic E-state index is 12.9. The first kappa shape index (κ1) is 24.7. The van der Waals surface area contributed by atoms with Crippen LogP contribution in [0.15, 0.2) is 59.5 Å². The minimum absolute atomic E-state index is 0.0624.